The van der Waals surface area contributed by atoms with Crippen LogP contribution in [-0.2, 0) is 20.7 Å². The van der Waals surface area contributed by atoms with Crippen molar-refractivity contribution in [1.29, 1.82) is 0 Å². The molecule has 2 aromatic carbocycles. The molecular weight excluding hydrogens is 398 g/mol. The summed E-state index contributed by atoms with van der Waals surface area (Å²) in [4.78, 5) is 33.6. The number of carbonyl (C=O) groups excluding carboxylic acids is 2. The fraction of sp³-hybridized carbons (Fsp3) is 0.130. The van der Waals surface area contributed by atoms with Crippen LogP contribution in [0.4, 0.5) is 5.13 Å². The topological polar surface area (TPSA) is 81.2 Å². The molecule has 0 aliphatic rings. The molecule has 2 aromatic heterocycles. The monoisotopic (exact) mass is 417 g/mol. The molecule has 1 amide bonds. The number of anilines is 1. The van der Waals surface area contributed by atoms with Gasteiger partial charge in [-0.1, -0.05) is 54.6 Å². The van der Waals surface area contributed by atoms with Crippen molar-refractivity contribution in [1.82, 2.24) is 9.97 Å². The van der Waals surface area contributed by atoms with Gasteiger partial charge in [-0.25, -0.2) is 4.98 Å². The lowest BCUT2D eigenvalue weighted by molar-refractivity contribution is -0.152. The number of ether oxygens (including phenoxy) is 1. The lowest BCUT2D eigenvalue weighted by Gasteiger charge is -2.13. The van der Waals surface area contributed by atoms with Crippen LogP contribution in [0.3, 0.4) is 0 Å². The second-order valence-corrected chi connectivity index (χ2v) is 7.55. The molecule has 0 saturated heterocycles. The maximum absolute atomic E-state index is 12.4. The molecule has 0 spiro atoms. The van der Waals surface area contributed by atoms with E-state index in [4.69, 9.17) is 4.74 Å². The number of nitrogens with one attached hydrogen (secondary N) is 1. The number of para-hydroxylation sites is 1. The van der Waals surface area contributed by atoms with Crippen molar-refractivity contribution in [3.05, 3.63) is 77.8 Å². The first-order valence-corrected chi connectivity index (χ1v) is 10.3. The highest BCUT2D eigenvalue weighted by Crippen LogP contribution is 2.24. The van der Waals surface area contributed by atoms with Gasteiger partial charge in [0.1, 0.15) is 0 Å². The molecule has 150 valence electrons. The molecule has 30 heavy (non-hydrogen) atoms. The average molecular weight is 417 g/mol. The minimum absolute atomic E-state index is 0.0430. The van der Waals surface area contributed by atoms with E-state index < -0.39 is 18.0 Å². The maximum atomic E-state index is 12.4. The molecule has 0 fully saturated rings. The number of hydrogen-bond donors (Lipinski definition) is 1. The molecule has 2 heterocycles. The number of rotatable bonds is 6. The van der Waals surface area contributed by atoms with E-state index in [1.54, 1.807) is 13.1 Å². The second kappa shape index (κ2) is 8.84. The fourth-order valence-corrected chi connectivity index (χ4v) is 3.76. The summed E-state index contributed by atoms with van der Waals surface area (Å²) in [6.07, 6.45) is 0.788. The molecule has 7 heteroatoms. The van der Waals surface area contributed by atoms with Crippen LogP contribution in [0.1, 0.15) is 12.5 Å². The normalized spacial score (nSPS) is 11.8. The largest absolute Gasteiger partial charge is 0.452 e. The SMILES string of the molecule is CC(OC(=O)Cc1cccc2cccnc12)C(=O)Nc1nc(-c2ccccc2)cs1. The predicted octanol–water partition coefficient (Wildman–Crippen LogP) is 4.47. The van der Waals surface area contributed by atoms with E-state index in [-0.39, 0.29) is 6.42 Å². The Morgan fingerprint density at radius 3 is 2.70 bits per heavy atom. The summed E-state index contributed by atoms with van der Waals surface area (Å²) in [5.74, 6) is -0.909. The van der Waals surface area contributed by atoms with Gasteiger partial charge in [-0.2, -0.15) is 0 Å². The van der Waals surface area contributed by atoms with E-state index in [1.807, 2.05) is 66.0 Å². The van der Waals surface area contributed by atoms with Crippen LogP contribution in [0, 0.1) is 0 Å². The van der Waals surface area contributed by atoms with E-state index in [0.717, 1.165) is 27.7 Å². The van der Waals surface area contributed by atoms with Gasteiger partial charge in [0.25, 0.3) is 5.91 Å². The van der Waals surface area contributed by atoms with Crippen LogP contribution < -0.4 is 5.32 Å². The zero-order valence-corrected chi connectivity index (χ0v) is 17.1. The van der Waals surface area contributed by atoms with Crippen molar-refractivity contribution in [2.75, 3.05) is 5.32 Å². The summed E-state index contributed by atoms with van der Waals surface area (Å²) in [7, 11) is 0. The third-order valence-corrected chi connectivity index (χ3v) is 5.29. The summed E-state index contributed by atoms with van der Waals surface area (Å²) in [5, 5.41) is 5.99. The van der Waals surface area contributed by atoms with E-state index in [9.17, 15) is 9.59 Å². The Morgan fingerprint density at radius 2 is 1.87 bits per heavy atom. The zero-order valence-electron chi connectivity index (χ0n) is 16.2. The lowest BCUT2D eigenvalue weighted by atomic mass is 10.1. The molecule has 4 aromatic rings. The second-order valence-electron chi connectivity index (χ2n) is 6.69. The van der Waals surface area contributed by atoms with Crippen molar-refractivity contribution in [3.63, 3.8) is 0 Å². The number of benzene rings is 2. The summed E-state index contributed by atoms with van der Waals surface area (Å²) in [5.41, 5.74) is 3.27. The number of esters is 1. The summed E-state index contributed by atoms with van der Waals surface area (Å²) >= 11 is 1.32. The van der Waals surface area contributed by atoms with Crippen LogP contribution in [0.5, 0.6) is 0 Å². The Balaban J connectivity index is 1.36. The molecule has 0 aliphatic carbocycles. The van der Waals surface area contributed by atoms with Crippen LogP contribution in [-0.4, -0.2) is 27.9 Å². The summed E-state index contributed by atoms with van der Waals surface area (Å²) < 4.78 is 5.33. The van der Waals surface area contributed by atoms with Crippen LogP contribution >= 0.6 is 11.3 Å². The van der Waals surface area contributed by atoms with Gasteiger partial charge in [-0.3, -0.25) is 19.9 Å². The fourth-order valence-electron chi connectivity index (χ4n) is 3.04. The molecular formula is C23H19N3O3S. The summed E-state index contributed by atoms with van der Waals surface area (Å²) in [6.45, 7) is 1.54. The van der Waals surface area contributed by atoms with Crippen LogP contribution in [0.25, 0.3) is 22.2 Å². The average Bonchev–Trinajstić information content (AvgIpc) is 3.23. The molecule has 1 N–H and O–H groups in total. The number of aromatic nitrogens is 2. The molecule has 1 unspecified atom stereocenters. The lowest BCUT2D eigenvalue weighted by Crippen LogP contribution is -2.30. The maximum Gasteiger partial charge on any atom is 0.311 e. The van der Waals surface area contributed by atoms with E-state index in [0.29, 0.717) is 5.13 Å². The highest BCUT2D eigenvalue weighted by molar-refractivity contribution is 7.14. The van der Waals surface area contributed by atoms with Crippen LogP contribution in [0.15, 0.2) is 72.2 Å². The Kier molecular flexibility index (Phi) is 5.81. The molecule has 4 rings (SSSR count). The Bertz CT molecular complexity index is 1190. The first kappa shape index (κ1) is 19.7. The minimum atomic E-state index is -0.940. The van der Waals surface area contributed by atoms with Gasteiger partial charge in [0.15, 0.2) is 11.2 Å². The van der Waals surface area contributed by atoms with Crippen molar-refractivity contribution in [2.45, 2.75) is 19.4 Å². The molecule has 1 atom stereocenters. The predicted molar refractivity (Wildman–Crippen MR) is 117 cm³/mol. The van der Waals surface area contributed by atoms with Crippen molar-refractivity contribution in [3.8, 4) is 11.3 Å². The van der Waals surface area contributed by atoms with Crippen molar-refractivity contribution >= 4 is 39.2 Å². The number of nitrogens with zero attached hydrogens (tertiary/aromatic N) is 2. The standard InChI is InChI=1S/C23H19N3O3S/c1-15(22(28)26-23-25-19(14-30-23)16-7-3-2-4-8-16)29-20(27)13-18-10-5-9-17-11-6-12-24-21(17)18/h2-12,14-15H,13H2,1H3,(H,25,26,28). The molecule has 0 radical (unpaired) electrons. The summed E-state index contributed by atoms with van der Waals surface area (Å²) in [6, 6.07) is 19.1. The van der Waals surface area contributed by atoms with Gasteiger partial charge in [0, 0.05) is 22.5 Å². The Labute approximate surface area is 177 Å². The number of hydrogen-bond acceptors (Lipinski definition) is 6. The molecule has 0 bridgehead atoms. The number of pyridine rings is 1. The van der Waals surface area contributed by atoms with Gasteiger partial charge >= 0.3 is 5.97 Å². The minimum Gasteiger partial charge on any atom is -0.452 e. The highest BCUT2D eigenvalue weighted by Gasteiger charge is 2.20. The number of carbonyl (C=O) groups is 2. The van der Waals surface area contributed by atoms with Crippen molar-refractivity contribution in [2.24, 2.45) is 0 Å². The smallest absolute Gasteiger partial charge is 0.311 e. The third-order valence-electron chi connectivity index (χ3n) is 4.53. The quantitative estimate of drug-likeness (QED) is 0.468. The number of fused-ring (bicyclic) bond motifs is 1. The van der Waals surface area contributed by atoms with Gasteiger partial charge in [0.05, 0.1) is 17.6 Å². The van der Waals surface area contributed by atoms with Gasteiger partial charge < -0.3 is 4.74 Å². The van der Waals surface area contributed by atoms with Crippen LogP contribution in [0.2, 0.25) is 0 Å². The van der Waals surface area contributed by atoms with E-state index >= 15 is 0 Å². The third kappa shape index (κ3) is 4.52. The highest BCUT2D eigenvalue weighted by atomic mass is 32.1. The van der Waals surface area contributed by atoms with Gasteiger partial charge in [-0.05, 0) is 18.6 Å². The van der Waals surface area contributed by atoms with E-state index in [1.165, 1.54) is 11.3 Å². The first-order chi connectivity index (χ1) is 14.6. The number of thiazole rings is 1. The first-order valence-electron chi connectivity index (χ1n) is 9.44. The molecule has 0 aliphatic heterocycles. The van der Waals surface area contributed by atoms with Crippen molar-refractivity contribution < 1.29 is 14.3 Å². The van der Waals surface area contributed by atoms with Gasteiger partial charge in [-0.15, -0.1) is 11.3 Å². The number of amides is 1. The molecule has 6 nitrogen and oxygen atoms in total. The Morgan fingerprint density at radius 1 is 1.07 bits per heavy atom. The van der Waals surface area contributed by atoms with E-state index in [2.05, 4.69) is 15.3 Å². The molecule has 0 saturated carbocycles. The Hall–Kier alpha value is -3.58. The van der Waals surface area contributed by atoms with Gasteiger partial charge in [0.2, 0.25) is 0 Å². The zero-order chi connectivity index (χ0) is 20.9.